The zero-order chi connectivity index (χ0) is 17.5. The molecule has 0 saturated heterocycles. The van der Waals surface area contributed by atoms with Gasteiger partial charge >= 0.3 is 0 Å². The van der Waals surface area contributed by atoms with Crippen LogP contribution in [0.4, 0.5) is 0 Å². The maximum absolute atomic E-state index is 12.2. The fourth-order valence-corrected chi connectivity index (χ4v) is 2.20. The number of hydrogen-bond donors (Lipinski definition) is 1. The fourth-order valence-electron chi connectivity index (χ4n) is 2.20. The first-order valence-corrected chi connectivity index (χ1v) is 7.57. The SMILES string of the molecule is COCCCNC(=O)c1nc(-c2ccc(OC)c(OC)c2)oc1C. The third kappa shape index (κ3) is 4.05. The first-order chi connectivity index (χ1) is 11.6. The van der Waals surface area contributed by atoms with Gasteiger partial charge in [0.2, 0.25) is 5.89 Å². The molecule has 1 heterocycles. The van der Waals surface area contributed by atoms with Crippen LogP contribution in [0.2, 0.25) is 0 Å². The maximum Gasteiger partial charge on any atom is 0.273 e. The van der Waals surface area contributed by atoms with Crippen molar-refractivity contribution in [1.29, 1.82) is 0 Å². The van der Waals surface area contributed by atoms with Gasteiger partial charge in [-0.3, -0.25) is 4.79 Å². The van der Waals surface area contributed by atoms with Gasteiger partial charge in [0, 0.05) is 25.8 Å². The molecule has 7 nitrogen and oxygen atoms in total. The van der Waals surface area contributed by atoms with Crippen LogP contribution >= 0.6 is 0 Å². The van der Waals surface area contributed by atoms with E-state index in [9.17, 15) is 4.79 Å². The molecule has 0 aliphatic carbocycles. The monoisotopic (exact) mass is 334 g/mol. The second-order valence-corrected chi connectivity index (χ2v) is 5.10. The summed E-state index contributed by atoms with van der Waals surface area (Å²) in [7, 11) is 4.75. The molecule has 2 rings (SSSR count). The summed E-state index contributed by atoms with van der Waals surface area (Å²) >= 11 is 0. The van der Waals surface area contributed by atoms with E-state index in [1.807, 2.05) is 0 Å². The summed E-state index contributed by atoms with van der Waals surface area (Å²) in [5.41, 5.74) is 0.978. The Morgan fingerprint density at radius 1 is 1.21 bits per heavy atom. The average molecular weight is 334 g/mol. The molecule has 0 fully saturated rings. The van der Waals surface area contributed by atoms with E-state index in [-0.39, 0.29) is 11.6 Å². The summed E-state index contributed by atoms with van der Waals surface area (Å²) in [5.74, 6) is 1.73. The van der Waals surface area contributed by atoms with E-state index in [1.165, 1.54) is 0 Å². The molecular formula is C17H22N2O5. The minimum Gasteiger partial charge on any atom is -0.493 e. The number of aromatic nitrogens is 1. The normalized spacial score (nSPS) is 10.5. The van der Waals surface area contributed by atoms with Gasteiger partial charge in [0.1, 0.15) is 5.76 Å². The number of hydrogen-bond acceptors (Lipinski definition) is 6. The van der Waals surface area contributed by atoms with Crippen molar-refractivity contribution in [3.63, 3.8) is 0 Å². The molecule has 0 aliphatic heterocycles. The number of rotatable bonds is 8. The highest BCUT2D eigenvalue weighted by atomic mass is 16.5. The fraction of sp³-hybridized carbons (Fsp3) is 0.412. The predicted molar refractivity (Wildman–Crippen MR) is 88.6 cm³/mol. The first kappa shape index (κ1) is 17.8. The molecule has 2 aromatic rings. The summed E-state index contributed by atoms with van der Waals surface area (Å²) < 4.78 is 21.1. The Bertz CT molecular complexity index is 696. The van der Waals surface area contributed by atoms with Crippen molar-refractivity contribution in [1.82, 2.24) is 10.3 Å². The van der Waals surface area contributed by atoms with E-state index >= 15 is 0 Å². The molecule has 1 amide bonds. The smallest absolute Gasteiger partial charge is 0.273 e. The molecule has 0 aliphatic rings. The quantitative estimate of drug-likeness (QED) is 0.747. The third-order valence-electron chi connectivity index (χ3n) is 3.45. The highest BCUT2D eigenvalue weighted by Gasteiger charge is 2.18. The molecule has 1 aromatic carbocycles. The van der Waals surface area contributed by atoms with Crippen LogP contribution < -0.4 is 14.8 Å². The summed E-state index contributed by atoms with van der Waals surface area (Å²) in [5, 5.41) is 2.79. The molecule has 0 saturated carbocycles. The lowest BCUT2D eigenvalue weighted by Crippen LogP contribution is -2.26. The van der Waals surface area contributed by atoms with Gasteiger partial charge in [-0.15, -0.1) is 0 Å². The second kappa shape index (κ2) is 8.35. The van der Waals surface area contributed by atoms with Crippen molar-refractivity contribution in [2.45, 2.75) is 13.3 Å². The van der Waals surface area contributed by atoms with Gasteiger partial charge in [-0.2, -0.15) is 0 Å². The number of carbonyl (C=O) groups is 1. The molecule has 0 spiro atoms. The number of nitrogens with zero attached hydrogens (tertiary/aromatic N) is 1. The molecule has 0 unspecified atom stereocenters. The molecule has 0 atom stereocenters. The Kier molecular flexibility index (Phi) is 6.20. The Morgan fingerprint density at radius 3 is 2.62 bits per heavy atom. The Hall–Kier alpha value is -2.54. The predicted octanol–water partition coefficient (Wildman–Crippen LogP) is 2.43. The standard InChI is InChI=1S/C17H22N2O5/c1-11-15(16(20)18-8-5-9-21-2)19-17(24-11)12-6-7-13(22-3)14(10-12)23-4/h6-7,10H,5,8-9H2,1-4H3,(H,18,20). The summed E-state index contributed by atoms with van der Waals surface area (Å²) in [6, 6.07) is 5.31. The summed E-state index contributed by atoms with van der Waals surface area (Å²) in [6.45, 7) is 2.82. The summed E-state index contributed by atoms with van der Waals surface area (Å²) in [6.07, 6.45) is 0.738. The highest BCUT2D eigenvalue weighted by Crippen LogP contribution is 2.32. The molecule has 130 valence electrons. The number of ether oxygens (including phenoxy) is 3. The van der Waals surface area contributed by atoms with E-state index in [0.29, 0.717) is 41.9 Å². The zero-order valence-electron chi connectivity index (χ0n) is 14.3. The number of methoxy groups -OCH3 is 3. The van der Waals surface area contributed by atoms with Crippen LogP contribution in [-0.4, -0.2) is 45.4 Å². The van der Waals surface area contributed by atoms with Crippen molar-refractivity contribution in [2.24, 2.45) is 0 Å². The van der Waals surface area contributed by atoms with Crippen molar-refractivity contribution in [2.75, 3.05) is 34.5 Å². The number of benzene rings is 1. The largest absolute Gasteiger partial charge is 0.493 e. The number of oxazole rings is 1. The maximum atomic E-state index is 12.2. The third-order valence-corrected chi connectivity index (χ3v) is 3.45. The lowest BCUT2D eigenvalue weighted by atomic mass is 10.2. The molecule has 1 N–H and O–H groups in total. The highest BCUT2D eigenvalue weighted by molar-refractivity contribution is 5.93. The van der Waals surface area contributed by atoms with Crippen LogP contribution in [0.1, 0.15) is 22.7 Å². The first-order valence-electron chi connectivity index (χ1n) is 7.57. The molecule has 7 heteroatoms. The van der Waals surface area contributed by atoms with Gasteiger partial charge in [-0.1, -0.05) is 0 Å². The van der Waals surface area contributed by atoms with Crippen LogP contribution in [0.5, 0.6) is 11.5 Å². The molecular weight excluding hydrogens is 312 g/mol. The van der Waals surface area contributed by atoms with E-state index in [1.54, 1.807) is 46.5 Å². The van der Waals surface area contributed by atoms with Gasteiger partial charge in [-0.05, 0) is 31.5 Å². The minimum atomic E-state index is -0.265. The van der Waals surface area contributed by atoms with E-state index in [0.717, 1.165) is 6.42 Å². The molecule has 1 aromatic heterocycles. The number of nitrogens with one attached hydrogen (secondary N) is 1. The van der Waals surface area contributed by atoms with Crippen molar-refractivity contribution in [3.8, 4) is 23.0 Å². The lowest BCUT2D eigenvalue weighted by Gasteiger charge is -2.07. The van der Waals surface area contributed by atoms with E-state index in [4.69, 9.17) is 18.6 Å². The van der Waals surface area contributed by atoms with Crippen molar-refractivity contribution in [3.05, 3.63) is 29.7 Å². The van der Waals surface area contributed by atoms with Crippen LogP contribution in [0, 0.1) is 6.92 Å². The lowest BCUT2D eigenvalue weighted by molar-refractivity contribution is 0.0942. The molecule has 0 radical (unpaired) electrons. The van der Waals surface area contributed by atoms with Gasteiger partial charge in [0.15, 0.2) is 17.2 Å². The number of aryl methyl sites for hydroxylation is 1. The second-order valence-electron chi connectivity index (χ2n) is 5.10. The topological polar surface area (TPSA) is 82.8 Å². The van der Waals surface area contributed by atoms with Gasteiger partial charge in [0.25, 0.3) is 5.91 Å². The van der Waals surface area contributed by atoms with Crippen molar-refractivity contribution >= 4 is 5.91 Å². The van der Waals surface area contributed by atoms with Crippen molar-refractivity contribution < 1.29 is 23.4 Å². The average Bonchev–Trinajstić information content (AvgIpc) is 2.99. The van der Waals surface area contributed by atoms with E-state index < -0.39 is 0 Å². The van der Waals surface area contributed by atoms with Crippen LogP contribution in [0.15, 0.2) is 22.6 Å². The summed E-state index contributed by atoms with van der Waals surface area (Å²) in [4.78, 5) is 16.5. The minimum absolute atomic E-state index is 0.265. The number of amides is 1. The Morgan fingerprint density at radius 2 is 1.96 bits per heavy atom. The Balaban J connectivity index is 2.17. The number of carbonyl (C=O) groups excluding carboxylic acids is 1. The van der Waals surface area contributed by atoms with Gasteiger partial charge in [-0.25, -0.2) is 4.98 Å². The van der Waals surface area contributed by atoms with Crippen LogP contribution in [-0.2, 0) is 4.74 Å². The zero-order valence-corrected chi connectivity index (χ0v) is 14.3. The van der Waals surface area contributed by atoms with Crippen LogP contribution in [0.25, 0.3) is 11.5 Å². The Labute approximate surface area is 140 Å². The van der Waals surface area contributed by atoms with E-state index in [2.05, 4.69) is 10.3 Å². The van der Waals surface area contributed by atoms with Crippen LogP contribution in [0.3, 0.4) is 0 Å². The van der Waals surface area contributed by atoms with Gasteiger partial charge in [0.05, 0.1) is 14.2 Å². The molecule has 24 heavy (non-hydrogen) atoms. The van der Waals surface area contributed by atoms with Gasteiger partial charge < -0.3 is 23.9 Å². The molecule has 0 bridgehead atoms.